The Bertz CT molecular complexity index is 668. The monoisotopic (exact) mass is 299 g/mol. The van der Waals surface area contributed by atoms with Crippen LogP contribution in [0, 0.1) is 0 Å². The third-order valence-corrected chi connectivity index (χ3v) is 4.47. The molecular formula is C17H21N3O2. The second-order valence-corrected chi connectivity index (χ2v) is 6.05. The summed E-state index contributed by atoms with van der Waals surface area (Å²) in [4.78, 5) is 2.53. The molecule has 2 aromatic rings. The van der Waals surface area contributed by atoms with Gasteiger partial charge in [0.2, 0.25) is 0 Å². The number of aromatic nitrogens is 2. The molecule has 1 aromatic carbocycles. The molecule has 0 bridgehead atoms. The highest BCUT2D eigenvalue weighted by Gasteiger charge is 2.27. The number of rotatable bonds is 3. The molecule has 5 nitrogen and oxygen atoms in total. The number of likely N-dealkylation sites (tertiary alicyclic amines) is 1. The molecule has 0 spiro atoms. The lowest BCUT2D eigenvalue weighted by Gasteiger charge is -2.25. The molecule has 0 unspecified atom stereocenters. The highest BCUT2D eigenvalue weighted by atomic mass is 16.6. The minimum absolute atomic E-state index is 0.474. The van der Waals surface area contributed by atoms with Crippen LogP contribution in [0.1, 0.15) is 30.0 Å². The molecule has 3 heterocycles. The molecule has 2 aliphatic heterocycles. The van der Waals surface area contributed by atoms with Gasteiger partial charge in [-0.25, -0.2) is 0 Å². The number of nitrogens with zero attached hydrogens (tertiary/aromatic N) is 3. The van der Waals surface area contributed by atoms with Gasteiger partial charge in [-0.2, -0.15) is 5.10 Å². The lowest BCUT2D eigenvalue weighted by Crippen LogP contribution is -2.23. The van der Waals surface area contributed by atoms with E-state index in [1.165, 1.54) is 24.0 Å². The van der Waals surface area contributed by atoms with E-state index in [4.69, 9.17) is 9.47 Å². The molecule has 1 fully saturated rings. The number of benzene rings is 1. The van der Waals surface area contributed by atoms with E-state index >= 15 is 0 Å². The maximum absolute atomic E-state index is 5.69. The van der Waals surface area contributed by atoms with E-state index in [2.05, 4.69) is 28.3 Å². The summed E-state index contributed by atoms with van der Waals surface area (Å²) in [5.41, 5.74) is 2.59. The van der Waals surface area contributed by atoms with Gasteiger partial charge in [0, 0.05) is 31.4 Å². The van der Waals surface area contributed by atoms with Crippen molar-refractivity contribution in [3.63, 3.8) is 0 Å². The van der Waals surface area contributed by atoms with Crippen molar-refractivity contribution in [2.24, 2.45) is 7.05 Å². The van der Waals surface area contributed by atoms with Crippen LogP contribution in [0.5, 0.6) is 11.5 Å². The molecule has 0 amide bonds. The zero-order chi connectivity index (χ0) is 14.9. The molecule has 2 aliphatic rings. The van der Waals surface area contributed by atoms with Gasteiger partial charge < -0.3 is 9.47 Å². The summed E-state index contributed by atoms with van der Waals surface area (Å²) in [5.74, 6) is 1.74. The van der Waals surface area contributed by atoms with Crippen LogP contribution in [-0.2, 0) is 13.6 Å². The average Bonchev–Trinajstić information content (AvgIpc) is 3.16. The van der Waals surface area contributed by atoms with Crippen LogP contribution in [0.4, 0.5) is 0 Å². The van der Waals surface area contributed by atoms with Crippen LogP contribution in [0.2, 0.25) is 0 Å². The summed E-state index contributed by atoms with van der Waals surface area (Å²) in [5, 5.41) is 4.31. The Labute approximate surface area is 130 Å². The summed E-state index contributed by atoms with van der Waals surface area (Å²) in [7, 11) is 1.98. The first-order valence-corrected chi connectivity index (χ1v) is 7.91. The Morgan fingerprint density at radius 2 is 2.09 bits per heavy atom. The van der Waals surface area contributed by atoms with Gasteiger partial charge in [0.15, 0.2) is 11.5 Å². The zero-order valence-corrected chi connectivity index (χ0v) is 12.9. The summed E-state index contributed by atoms with van der Waals surface area (Å²) >= 11 is 0. The first-order chi connectivity index (χ1) is 10.8. The van der Waals surface area contributed by atoms with Crippen LogP contribution in [0.25, 0.3) is 0 Å². The van der Waals surface area contributed by atoms with Crippen molar-refractivity contribution in [2.75, 3.05) is 19.8 Å². The van der Waals surface area contributed by atoms with Crippen molar-refractivity contribution in [2.45, 2.75) is 25.4 Å². The third kappa shape index (κ3) is 2.57. The van der Waals surface area contributed by atoms with Crippen LogP contribution >= 0.6 is 0 Å². The lowest BCUT2D eigenvalue weighted by atomic mass is 10.1. The number of hydrogen-bond acceptors (Lipinski definition) is 4. The second kappa shape index (κ2) is 5.65. The van der Waals surface area contributed by atoms with E-state index in [9.17, 15) is 0 Å². The van der Waals surface area contributed by atoms with E-state index in [0.29, 0.717) is 19.3 Å². The Morgan fingerprint density at radius 1 is 1.23 bits per heavy atom. The van der Waals surface area contributed by atoms with Gasteiger partial charge in [-0.15, -0.1) is 0 Å². The molecule has 116 valence electrons. The lowest BCUT2D eigenvalue weighted by molar-refractivity contribution is 0.171. The van der Waals surface area contributed by atoms with Crippen LogP contribution < -0.4 is 9.47 Å². The topological polar surface area (TPSA) is 39.5 Å². The van der Waals surface area contributed by atoms with Crippen molar-refractivity contribution in [3.05, 3.63) is 41.7 Å². The summed E-state index contributed by atoms with van der Waals surface area (Å²) in [6.07, 6.45) is 6.57. The van der Waals surface area contributed by atoms with Gasteiger partial charge in [0.25, 0.3) is 0 Å². The van der Waals surface area contributed by atoms with E-state index in [1.54, 1.807) is 0 Å². The van der Waals surface area contributed by atoms with E-state index < -0.39 is 0 Å². The van der Waals surface area contributed by atoms with E-state index in [-0.39, 0.29) is 0 Å². The molecule has 1 atom stereocenters. The normalized spacial score (nSPS) is 21.2. The van der Waals surface area contributed by atoms with Crippen molar-refractivity contribution in [1.29, 1.82) is 0 Å². The predicted molar refractivity (Wildman–Crippen MR) is 83.0 cm³/mol. The zero-order valence-electron chi connectivity index (χ0n) is 12.9. The van der Waals surface area contributed by atoms with E-state index in [0.717, 1.165) is 24.6 Å². The third-order valence-electron chi connectivity index (χ3n) is 4.47. The Morgan fingerprint density at radius 3 is 2.91 bits per heavy atom. The average molecular weight is 299 g/mol. The van der Waals surface area contributed by atoms with E-state index in [1.807, 2.05) is 24.0 Å². The highest BCUT2D eigenvalue weighted by Crippen LogP contribution is 2.35. The molecule has 22 heavy (non-hydrogen) atoms. The smallest absolute Gasteiger partial charge is 0.161 e. The largest absolute Gasteiger partial charge is 0.486 e. The van der Waals surface area contributed by atoms with Crippen LogP contribution in [0.3, 0.4) is 0 Å². The molecule has 1 aromatic heterocycles. The fourth-order valence-corrected chi connectivity index (χ4v) is 3.43. The van der Waals surface area contributed by atoms with Crippen molar-refractivity contribution in [1.82, 2.24) is 14.7 Å². The Kier molecular flexibility index (Phi) is 3.50. The molecule has 0 aliphatic carbocycles. The molecule has 0 N–H and O–H groups in total. The summed E-state index contributed by atoms with van der Waals surface area (Å²) in [6, 6.07) is 6.76. The second-order valence-electron chi connectivity index (χ2n) is 6.05. The van der Waals surface area contributed by atoms with Crippen molar-refractivity contribution in [3.8, 4) is 11.5 Å². The fraction of sp³-hybridized carbons (Fsp3) is 0.471. The molecule has 5 heteroatoms. The SMILES string of the molecule is Cn1cc([C@H]2CCCN2Cc2ccc3c(c2)OCCO3)cn1. The summed E-state index contributed by atoms with van der Waals surface area (Å²) in [6.45, 7) is 3.35. The van der Waals surface area contributed by atoms with Gasteiger partial charge >= 0.3 is 0 Å². The summed E-state index contributed by atoms with van der Waals surface area (Å²) < 4.78 is 13.2. The molecule has 0 radical (unpaired) electrons. The van der Waals surface area contributed by atoms with Crippen molar-refractivity contribution >= 4 is 0 Å². The molecular weight excluding hydrogens is 278 g/mol. The number of ether oxygens (including phenoxy) is 2. The van der Waals surface area contributed by atoms with Gasteiger partial charge in [-0.05, 0) is 37.1 Å². The quantitative estimate of drug-likeness (QED) is 0.873. The maximum atomic E-state index is 5.69. The van der Waals surface area contributed by atoms with Gasteiger partial charge in [0.05, 0.1) is 6.20 Å². The minimum atomic E-state index is 0.474. The Hall–Kier alpha value is -2.01. The first-order valence-electron chi connectivity index (χ1n) is 7.91. The predicted octanol–water partition coefficient (Wildman–Crippen LogP) is 2.53. The first kappa shape index (κ1) is 13.6. The van der Waals surface area contributed by atoms with Crippen LogP contribution in [-0.4, -0.2) is 34.4 Å². The van der Waals surface area contributed by atoms with Crippen molar-refractivity contribution < 1.29 is 9.47 Å². The fourth-order valence-electron chi connectivity index (χ4n) is 3.43. The standard InChI is InChI=1S/C17H21N3O2/c1-19-12-14(10-18-19)15-3-2-6-20(15)11-13-4-5-16-17(9-13)22-8-7-21-16/h4-5,9-10,12,15H,2-3,6-8,11H2,1H3/t15-/m1/s1. The molecule has 4 rings (SSSR count). The van der Waals surface area contributed by atoms with Gasteiger partial charge in [0.1, 0.15) is 13.2 Å². The van der Waals surface area contributed by atoms with Gasteiger partial charge in [-0.1, -0.05) is 6.07 Å². The van der Waals surface area contributed by atoms with Crippen LogP contribution in [0.15, 0.2) is 30.6 Å². The highest BCUT2D eigenvalue weighted by molar-refractivity contribution is 5.43. The van der Waals surface area contributed by atoms with Gasteiger partial charge in [-0.3, -0.25) is 9.58 Å². The number of fused-ring (bicyclic) bond motifs is 1. The minimum Gasteiger partial charge on any atom is -0.486 e. The number of aryl methyl sites for hydroxylation is 1. The Balaban J connectivity index is 1.52. The maximum Gasteiger partial charge on any atom is 0.161 e. The molecule has 1 saturated heterocycles. The number of hydrogen-bond donors (Lipinski definition) is 0. The molecule has 0 saturated carbocycles.